The van der Waals surface area contributed by atoms with Crippen LogP contribution in [0.15, 0.2) is 188 Å². The first kappa shape index (κ1) is 28.5. The number of anilines is 4. The predicted molar refractivity (Wildman–Crippen MR) is 213 cm³/mol. The summed E-state index contributed by atoms with van der Waals surface area (Å²) in [5.74, 6) is 0.588. The second-order valence-corrected chi connectivity index (χ2v) is 14.1. The highest BCUT2D eigenvalue weighted by atomic mass is 15.2. The van der Waals surface area contributed by atoms with Crippen LogP contribution in [0.2, 0.25) is 0 Å². The number of hydrogen-bond acceptors (Lipinski definition) is 2. The van der Waals surface area contributed by atoms with E-state index in [1.165, 1.54) is 72.5 Å². The fourth-order valence-corrected chi connectivity index (χ4v) is 9.22. The maximum Gasteiger partial charge on any atom is 0.0630 e. The predicted octanol–water partition coefficient (Wildman–Crippen LogP) is 11.8. The molecular weight excluding hydrogens is 619 g/mol. The third kappa shape index (κ3) is 4.25. The number of nitrogens with zero attached hydrogens (tertiary/aromatic N) is 3. The molecule has 6 aromatic carbocycles. The first-order chi connectivity index (χ1) is 25.3. The Hall–Kier alpha value is -6.32. The SMILES string of the molecule is C1=CC2c3cc(-n4c5ccccc5c5cc(C6=CC7c8ccccc8N(c8ccccc8)C7C=C6)ccc54)ccc3N(c3ccccc3)C2C=C1. The van der Waals surface area contributed by atoms with E-state index in [4.69, 9.17) is 0 Å². The van der Waals surface area contributed by atoms with Gasteiger partial charge >= 0.3 is 0 Å². The highest BCUT2D eigenvalue weighted by molar-refractivity contribution is 6.10. The first-order valence-corrected chi connectivity index (χ1v) is 18.0. The number of rotatable bonds is 4. The van der Waals surface area contributed by atoms with E-state index in [2.05, 4.69) is 202 Å². The van der Waals surface area contributed by atoms with Crippen LogP contribution in [0, 0.1) is 0 Å². The summed E-state index contributed by atoms with van der Waals surface area (Å²) in [5.41, 5.74) is 14.0. The van der Waals surface area contributed by atoms with Gasteiger partial charge < -0.3 is 14.4 Å². The summed E-state index contributed by atoms with van der Waals surface area (Å²) in [5, 5.41) is 2.56. The van der Waals surface area contributed by atoms with Gasteiger partial charge in [0.2, 0.25) is 0 Å². The Morgan fingerprint density at radius 1 is 0.431 bits per heavy atom. The van der Waals surface area contributed by atoms with Gasteiger partial charge in [-0.15, -0.1) is 0 Å². The van der Waals surface area contributed by atoms with Crippen LogP contribution < -0.4 is 9.80 Å². The third-order valence-electron chi connectivity index (χ3n) is 11.4. The summed E-state index contributed by atoms with van der Waals surface area (Å²) in [7, 11) is 0. The standard InChI is InChI=1S/C48H35N3/c1-3-13-34(14-4-1)49-43-20-10-7-17-37(43)40-29-32(23-26-46(40)49)33-24-27-47-41(30-33)38-18-8-12-22-45(38)51(47)36-25-28-48-42(31-36)39-19-9-11-21-44(39)50(48)35-15-5-2-6-16-35/h1-31,39-40,44,46H. The van der Waals surface area contributed by atoms with Crippen molar-refractivity contribution in [3.8, 4) is 5.69 Å². The quantitative estimate of drug-likeness (QED) is 0.187. The van der Waals surface area contributed by atoms with Crippen LogP contribution in [0.25, 0.3) is 33.1 Å². The van der Waals surface area contributed by atoms with Gasteiger partial charge in [-0.1, -0.05) is 121 Å². The highest BCUT2D eigenvalue weighted by Crippen LogP contribution is 2.50. The summed E-state index contributed by atoms with van der Waals surface area (Å²) >= 11 is 0. The molecule has 4 unspecified atom stereocenters. The van der Waals surface area contributed by atoms with Gasteiger partial charge in [0.1, 0.15) is 0 Å². The summed E-state index contributed by atoms with van der Waals surface area (Å²) in [4.78, 5) is 5.00. The van der Waals surface area contributed by atoms with E-state index in [0.29, 0.717) is 5.92 Å². The Kier molecular flexibility index (Phi) is 6.20. The maximum atomic E-state index is 2.50. The lowest BCUT2D eigenvalue weighted by Crippen LogP contribution is -2.28. The zero-order valence-corrected chi connectivity index (χ0v) is 28.0. The molecule has 0 radical (unpaired) electrons. The molecule has 11 rings (SSSR count). The number of para-hydroxylation sites is 4. The smallest absolute Gasteiger partial charge is 0.0630 e. The van der Waals surface area contributed by atoms with E-state index in [1.807, 2.05) is 0 Å². The van der Waals surface area contributed by atoms with Gasteiger partial charge in [0.25, 0.3) is 0 Å². The Balaban J connectivity index is 1.02. The topological polar surface area (TPSA) is 11.4 Å². The largest absolute Gasteiger partial charge is 0.333 e. The van der Waals surface area contributed by atoms with E-state index in [1.54, 1.807) is 0 Å². The van der Waals surface area contributed by atoms with Crippen molar-refractivity contribution in [3.63, 3.8) is 0 Å². The zero-order chi connectivity index (χ0) is 33.5. The molecule has 0 saturated carbocycles. The normalized spacial score (nSPS) is 21.1. The highest BCUT2D eigenvalue weighted by Gasteiger charge is 2.39. The van der Waals surface area contributed by atoms with Gasteiger partial charge in [0, 0.05) is 51.0 Å². The van der Waals surface area contributed by atoms with Gasteiger partial charge in [-0.05, 0) is 89.0 Å². The minimum Gasteiger partial charge on any atom is -0.333 e. The molecule has 0 fully saturated rings. The van der Waals surface area contributed by atoms with Crippen molar-refractivity contribution in [3.05, 3.63) is 205 Å². The van der Waals surface area contributed by atoms with E-state index >= 15 is 0 Å². The van der Waals surface area contributed by atoms with Crippen molar-refractivity contribution in [1.82, 2.24) is 4.57 Å². The van der Waals surface area contributed by atoms with Gasteiger partial charge in [0.15, 0.2) is 0 Å². The summed E-state index contributed by atoms with van der Waals surface area (Å²) < 4.78 is 2.46. The number of allylic oxidation sites excluding steroid dienone is 4. The number of hydrogen-bond donors (Lipinski definition) is 0. The van der Waals surface area contributed by atoms with E-state index < -0.39 is 0 Å². The van der Waals surface area contributed by atoms with Crippen LogP contribution in [0.5, 0.6) is 0 Å². The third-order valence-corrected chi connectivity index (χ3v) is 11.4. The second-order valence-electron chi connectivity index (χ2n) is 14.1. The van der Waals surface area contributed by atoms with E-state index in [0.717, 1.165) is 0 Å². The van der Waals surface area contributed by atoms with Crippen molar-refractivity contribution in [2.75, 3.05) is 9.80 Å². The Morgan fingerprint density at radius 3 is 1.92 bits per heavy atom. The molecule has 3 heterocycles. The van der Waals surface area contributed by atoms with Crippen LogP contribution >= 0.6 is 0 Å². The lowest BCUT2D eigenvalue weighted by atomic mass is 9.86. The van der Waals surface area contributed by atoms with E-state index in [-0.39, 0.29) is 18.0 Å². The lowest BCUT2D eigenvalue weighted by molar-refractivity contribution is 0.744. The fourth-order valence-electron chi connectivity index (χ4n) is 9.22. The molecular formula is C48H35N3. The molecule has 0 bridgehead atoms. The number of fused-ring (bicyclic) bond motifs is 9. The van der Waals surface area contributed by atoms with Crippen LogP contribution in [0.3, 0.4) is 0 Å². The molecule has 3 heteroatoms. The van der Waals surface area contributed by atoms with Crippen molar-refractivity contribution in [2.45, 2.75) is 23.9 Å². The Bertz CT molecular complexity index is 2620. The van der Waals surface area contributed by atoms with Crippen molar-refractivity contribution >= 4 is 50.1 Å². The van der Waals surface area contributed by atoms with Crippen LogP contribution in [0.4, 0.5) is 22.7 Å². The molecule has 4 atom stereocenters. The first-order valence-electron chi connectivity index (χ1n) is 18.0. The van der Waals surface area contributed by atoms with Crippen LogP contribution in [0.1, 0.15) is 28.5 Å². The zero-order valence-electron chi connectivity index (χ0n) is 28.0. The monoisotopic (exact) mass is 653 g/mol. The lowest BCUT2D eigenvalue weighted by Gasteiger charge is -2.29. The van der Waals surface area contributed by atoms with Crippen LogP contribution in [-0.4, -0.2) is 16.7 Å². The van der Waals surface area contributed by atoms with Gasteiger partial charge in [-0.25, -0.2) is 0 Å². The van der Waals surface area contributed by atoms with Crippen molar-refractivity contribution < 1.29 is 0 Å². The molecule has 4 aliphatic rings. The second kappa shape index (κ2) is 11.1. The molecule has 1 aromatic heterocycles. The minimum atomic E-state index is 0.255. The van der Waals surface area contributed by atoms with Crippen LogP contribution in [-0.2, 0) is 0 Å². The maximum absolute atomic E-state index is 2.50. The average Bonchev–Trinajstić information content (AvgIpc) is 3.83. The Labute approximate surface area is 298 Å². The van der Waals surface area contributed by atoms with Gasteiger partial charge in [-0.3, -0.25) is 0 Å². The molecule has 2 aliphatic carbocycles. The molecule has 0 amide bonds. The fraction of sp³-hybridized carbons (Fsp3) is 0.0833. The molecule has 242 valence electrons. The van der Waals surface area contributed by atoms with Crippen molar-refractivity contribution in [1.29, 1.82) is 0 Å². The summed E-state index contributed by atoms with van der Waals surface area (Å²) in [6.07, 6.45) is 16.3. The Morgan fingerprint density at radius 2 is 1.10 bits per heavy atom. The number of aromatic nitrogens is 1. The summed E-state index contributed by atoms with van der Waals surface area (Å²) in [6.45, 7) is 0. The van der Waals surface area contributed by atoms with E-state index in [9.17, 15) is 0 Å². The average molecular weight is 654 g/mol. The molecule has 3 nitrogen and oxygen atoms in total. The molecule has 2 aliphatic heterocycles. The summed E-state index contributed by atoms with van der Waals surface area (Å²) in [6, 6.07) is 54.0. The number of benzene rings is 6. The molecule has 7 aromatic rings. The molecule has 0 spiro atoms. The van der Waals surface area contributed by atoms with Gasteiger partial charge in [-0.2, -0.15) is 0 Å². The van der Waals surface area contributed by atoms with Crippen molar-refractivity contribution in [2.24, 2.45) is 0 Å². The van der Waals surface area contributed by atoms with Gasteiger partial charge in [0.05, 0.1) is 23.1 Å². The molecule has 51 heavy (non-hydrogen) atoms. The minimum absolute atomic E-state index is 0.255. The molecule has 0 saturated heterocycles. The molecule has 0 N–H and O–H groups in total.